The van der Waals surface area contributed by atoms with Crippen molar-refractivity contribution in [3.8, 4) is 0 Å². The second kappa shape index (κ2) is 5.59. The van der Waals surface area contributed by atoms with Crippen LogP contribution in [0.2, 0.25) is 0 Å². The van der Waals surface area contributed by atoms with Crippen molar-refractivity contribution in [3.05, 3.63) is 35.9 Å². The van der Waals surface area contributed by atoms with Gasteiger partial charge < -0.3 is 4.74 Å². The summed E-state index contributed by atoms with van der Waals surface area (Å²) in [5.41, 5.74) is 0.948. The number of hydrogen-bond donors (Lipinski definition) is 1. The minimum Gasteiger partial charge on any atom is -0.379 e. The Morgan fingerprint density at radius 1 is 1.18 bits per heavy atom. The van der Waals surface area contributed by atoms with Gasteiger partial charge in [0.15, 0.2) is 0 Å². The summed E-state index contributed by atoms with van der Waals surface area (Å²) in [4.78, 5) is 0. The lowest BCUT2D eigenvalue weighted by atomic mass is 10.2. The van der Waals surface area contributed by atoms with Crippen LogP contribution in [0.15, 0.2) is 30.3 Å². The van der Waals surface area contributed by atoms with Crippen LogP contribution in [0, 0.1) is 0 Å². The molecule has 1 saturated heterocycles. The lowest BCUT2D eigenvalue weighted by Crippen LogP contribution is -2.46. The van der Waals surface area contributed by atoms with E-state index in [0.717, 1.165) is 5.56 Å². The fraction of sp³-hybridized carbons (Fsp3) is 0.455. The standard InChI is InChI=1S/C11H16N2O3S/c14-17(15,13-6-8-16-9-7-13)12-10-11-4-2-1-3-5-11/h1-5,12H,6-10H2. The molecule has 0 aliphatic carbocycles. The highest BCUT2D eigenvalue weighted by Crippen LogP contribution is 2.04. The SMILES string of the molecule is O=S(=O)(NCc1ccccc1)N1CCOCC1. The van der Waals surface area contributed by atoms with E-state index >= 15 is 0 Å². The number of rotatable bonds is 4. The normalized spacial score (nSPS) is 18.1. The summed E-state index contributed by atoms with van der Waals surface area (Å²) in [5, 5.41) is 0. The molecule has 6 heteroatoms. The van der Waals surface area contributed by atoms with Crippen LogP contribution in [-0.2, 0) is 21.5 Å². The third-order valence-electron chi connectivity index (χ3n) is 2.61. The predicted octanol–water partition coefficient (Wildman–Crippen LogP) is 0.353. The van der Waals surface area contributed by atoms with Crippen LogP contribution < -0.4 is 4.72 Å². The molecule has 0 atom stereocenters. The first kappa shape index (κ1) is 12.5. The van der Waals surface area contributed by atoms with Crippen molar-refractivity contribution in [2.24, 2.45) is 0 Å². The Bertz CT molecular complexity index is 441. The molecule has 1 aromatic rings. The summed E-state index contributed by atoms with van der Waals surface area (Å²) < 4.78 is 33.0. The van der Waals surface area contributed by atoms with Gasteiger partial charge in [0.25, 0.3) is 10.2 Å². The molecule has 1 fully saturated rings. The minimum absolute atomic E-state index is 0.320. The molecule has 94 valence electrons. The fourth-order valence-electron chi connectivity index (χ4n) is 1.65. The topological polar surface area (TPSA) is 58.6 Å². The maximum Gasteiger partial charge on any atom is 0.279 e. The largest absolute Gasteiger partial charge is 0.379 e. The van der Waals surface area contributed by atoms with E-state index in [4.69, 9.17) is 4.74 Å². The zero-order valence-corrected chi connectivity index (χ0v) is 10.3. The van der Waals surface area contributed by atoms with Gasteiger partial charge in [0.05, 0.1) is 13.2 Å². The molecule has 0 bridgehead atoms. The first-order valence-electron chi connectivity index (χ1n) is 5.55. The number of hydrogen-bond acceptors (Lipinski definition) is 3. The molecule has 0 unspecified atom stereocenters. The van der Waals surface area contributed by atoms with E-state index in [-0.39, 0.29) is 0 Å². The van der Waals surface area contributed by atoms with E-state index in [9.17, 15) is 8.42 Å². The van der Waals surface area contributed by atoms with E-state index in [0.29, 0.717) is 32.8 Å². The van der Waals surface area contributed by atoms with Crippen molar-refractivity contribution >= 4 is 10.2 Å². The first-order valence-corrected chi connectivity index (χ1v) is 6.99. The van der Waals surface area contributed by atoms with E-state index in [1.54, 1.807) is 0 Å². The quantitative estimate of drug-likeness (QED) is 0.846. The Hall–Kier alpha value is -0.950. The van der Waals surface area contributed by atoms with Crippen molar-refractivity contribution in [3.63, 3.8) is 0 Å². The van der Waals surface area contributed by atoms with Crippen molar-refractivity contribution in [2.45, 2.75) is 6.54 Å². The average molecular weight is 256 g/mol. The summed E-state index contributed by atoms with van der Waals surface area (Å²) >= 11 is 0. The Morgan fingerprint density at radius 2 is 1.82 bits per heavy atom. The van der Waals surface area contributed by atoms with Gasteiger partial charge >= 0.3 is 0 Å². The van der Waals surface area contributed by atoms with Crippen molar-refractivity contribution < 1.29 is 13.2 Å². The zero-order chi connectivity index (χ0) is 12.1. The highest BCUT2D eigenvalue weighted by Gasteiger charge is 2.23. The number of ether oxygens (including phenoxy) is 1. The van der Waals surface area contributed by atoms with E-state index in [2.05, 4.69) is 4.72 Å². The highest BCUT2D eigenvalue weighted by atomic mass is 32.2. The molecule has 0 spiro atoms. The molecule has 17 heavy (non-hydrogen) atoms. The lowest BCUT2D eigenvalue weighted by Gasteiger charge is -2.26. The van der Waals surface area contributed by atoms with E-state index in [1.165, 1.54) is 4.31 Å². The van der Waals surface area contributed by atoms with Crippen molar-refractivity contribution in [1.29, 1.82) is 0 Å². The third kappa shape index (κ3) is 3.50. The predicted molar refractivity (Wildman–Crippen MR) is 64.6 cm³/mol. The van der Waals surface area contributed by atoms with E-state index in [1.807, 2.05) is 30.3 Å². The minimum atomic E-state index is -3.38. The van der Waals surface area contributed by atoms with Crippen LogP contribution in [0.4, 0.5) is 0 Å². The molecule has 1 aliphatic heterocycles. The third-order valence-corrected chi connectivity index (χ3v) is 4.17. The van der Waals surface area contributed by atoms with Crippen LogP contribution in [0.3, 0.4) is 0 Å². The van der Waals surface area contributed by atoms with Crippen LogP contribution in [0.1, 0.15) is 5.56 Å². The lowest BCUT2D eigenvalue weighted by molar-refractivity contribution is 0.0725. The molecular formula is C11H16N2O3S. The average Bonchev–Trinajstić information content (AvgIpc) is 2.39. The Morgan fingerprint density at radius 3 is 2.47 bits per heavy atom. The Kier molecular flexibility index (Phi) is 4.11. The molecule has 1 heterocycles. The van der Waals surface area contributed by atoms with Gasteiger partial charge in [-0.05, 0) is 5.56 Å². The molecule has 0 aromatic heterocycles. The Balaban J connectivity index is 1.93. The highest BCUT2D eigenvalue weighted by molar-refractivity contribution is 7.87. The molecular weight excluding hydrogens is 240 g/mol. The van der Waals surface area contributed by atoms with Gasteiger partial charge in [-0.1, -0.05) is 30.3 Å². The molecule has 1 N–H and O–H groups in total. The van der Waals surface area contributed by atoms with Gasteiger partial charge in [-0.3, -0.25) is 0 Å². The van der Waals surface area contributed by atoms with E-state index < -0.39 is 10.2 Å². The number of morpholine rings is 1. The molecule has 0 saturated carbocycles. The molecule has 1 aliphatic rings. The first-order chi connectivity index (χ1) is 8.18. The van der Waals surface area contributed by atoms with Crippen LogP contribution in [0.25, 0.3) is 0 Å². The fourth-order valence-corrected chi connectivity index (χ4v) is 2.81. The summed E-state index contributed by atoms with van der Waals surface area (Å²) in [6.07, 6.45) is 0. The smallest absolute Gasteiger partial charge is 0.279 e. The van der Waals surface area contributed by atoms with Gasteiger partial charge in [-0.25, -0.2) is 0 Å². The second-order valence-corrected chi connectivity index (χ2v) is 5.58. The van der Waals surface area contributed by atoms with Crippen molar-refractivity contribution in [1.82, 2.24) is 9.03 Å². The monoisotopic (exact) mass is 256 g/mol. The van der Waals surface area contributed by atoms with Crippen LogP contribution in [0.5, 0.6) is 0 Å². The number of nitrogens with zero attached hydrogens (tertiary/aromatic N) is 1. The second-order valence-electron chi connectivity index (χ2n) is 3.82. The molecule has 1 aromatic carbocycles. The maximum absolute atomic E-state index is 11.9. The van der Waals surface area contributed by atoms with Crippen LogP contribution in [-0.4, -0.2) is 39.0 Å². The van der Waals surface area contributed by atoms with Gasteiger partial charge in [0, 0.05) is 19.6 Å². The van der Waals surface area contributed by atoms with Gasteiger partial charge in [0.2, 0.25) is 0 Å². The zero-order valence-electron chi connectivity index (χ0n) is 9.50. The Labute approximate surface area is 102 Å². The number of benzene rings is 1. The summed E-state index contributed by atoms with van der Waals surface area (Å²) in [5.74, 6) is 0. The molecule has 0 radical (unpaired) electrons. The molecule has 2 rings (SSSR count). The van der Waals surface area contributed by atoms with Gasteiger partial charge in [-0.2, -0.15) is 17.4 Å². The maximum atomic E-state index is 11.9. The molecule has 0 amide bonds. The van der Waals surface area contributed by atoms with Crippen molar-refractivity contribution in [2.75, 3.05) is 26.3 Å². The summed E-state index contributed by atoms with van der Waals surface area (Å²) in [6.45, 7) is 2.09. The summed E-state index contributed by atoms with van der Waals surface area (Å²) in [7, 11) is -3.38. The van der Waals surface area contributed by atoms with Crippen LogP contribution >= 0.6 is 0 Å². The summed E-state index contributed by atoms with van der Waals surface area (Å²) in [6, 6.07) is 9.46. The van der Waals surface area contributed by atoms with Gasteiger partial charge in [-0.15, -0.1) is 0 Å². The van der Waals surface area contributed by atoms with Gasteiger partial charge in [0.1, 0.15) is 0 Å². The molecule has 5 nitrogen and oxygen atoms in total. The number of nitrogens with one attached hydrogen (secondary N) is 1.